The molecule has 1 aromatic heterocycles. The Hall–Kier alpha value is -2.82. The highest BCUT2D eigenvalue weighted by Crippen LogP contribution is 2.36. The molecule has 0 aliphatic carbocycles. The fourth-order valence-electron chi connectivity index (χ4n) is 2.40. The standard InChI is InChI=1S/C17H14N2O3/c1-11-5-4-6-12(9-11)16-18-19-17(22-16)15-10-20-13-7-2-3-8-14(13)21-15/h2-9,15H,10H2,1H3. The molecule has 0 bridgehead atoms. The molecule has 0 radical (unpaired) electrons. The minimum Gasteiger partial charge on any atom is -0.485 e. The van der Waals surface area contributed by atoms with Crippen molar-refractivity contribution in [2.45, 2.75) is 13.0 Å². The second-order valence-corrected chi connectivity index (χ2v) is 5.18. The number of para-hydroxylation sites is 2. The summed E-state index contributed by atoms with van der Waals surface area (Å²) in [5, 5.41) is 8.20. The molecule has 1 aliphatic rings. The number of rotatable bonds is 2. The highest BCUT2D eigenvalue weighted by atomic mass is 16.6. The van der Waals surface area contributed by atoms with Gasteiger partial charge in [-0.25, -0.2) is 0 Å². The van der Waals surface area contributed by atoms with Gasteiger partial charge in [0.1, 0.15) is 6.61 Å². The SMILES string of the molecule is Cc1cccc(-c2nnc(C3COc4ccccc4O3)o2)c1. The zero-order valence-corrected chi connectivity index (χ0v) is 12.0. The fraction of sp³-hybridized carbons (Fsp3) is 0.176. The van der Waals surface area contributed by atoms with Gasteiger partial charge in [-0.3, -0.25) is 0 Å². The maximum atomic E-state index is 5.87. The molecule has 1 atom stereocenters. The molecule has 2 aromatic carbocycles. The summed E-state index contributed by atoms with van der Waals surface area (Å²) < 4.78 is 17.3. The van der Waals surface area contributed by atoms with Crippen LogP contribution in [0.4, 0.5) is 0 Å². The fourth-order valence-corrected chi connectivity index (χ4v) is 2.40. The lowest BCUT2D eigenvalue weighted by atomic mass is 10.1. The molecule has 1 aliphatic heterocycles. The van der Waals surface area contributed by atoms with Crippen molar-refractivity contribution in [3.63, 3.8) is 0 Å². The maximum Gasteiger partial charge on any atom is 0.260 e. The highest BCUT2D eigenvalue weighted by molar-refractivity contribution is 5.53. The molecule has 3 aromatic rings. The Balaban J connectivity index is 1.60. The minimum atomic E-state index is -0.388. The first-order chi connectivity index (χ1) is 10.8. The quantitative estimate of drug-likeness (QED) is 0.723. The van der Waals surface area contributed by atoms with Crippen molar-refractivity contribution in [1.82, 2.24) is 10.2 Å². The maximum absolute atomic E-state index is 5.87. The summed E-state index contributed by atoms with van der Waals surface area (Å²) in [6, 6.07) is 15.5. The lowest BCUT2D eigenvalue weighted by molar-refractivity contribution is 0.0716. The van der Waals surface area contributed by atoms with Gasteiger partial charge in [0.15, 0.2) is 11.5 Å². The number of ether oxygens (including phenoxy) is 2. The van der Waals surface area contributed by atoms with E-state index in [1.165, 1.54) is 0 Å². The summed E-state index contributed by atoms with van der Waals surface area (Å²) in [7, 11) is 0. The van der Waals surface area contributed by atoms with Crippen molar-refractivity contribution in [1.29, 1.82) is 0 Å². The second-order valence-electron chi connectivity index (χ2n) is 5.18. The predicted molar refractivity (Wildman–Crippen MR) is 79.8 cm³/mol. The lowest BCUT2D eigenvalue weighted by Crippen LogP contribution is -2.21. The van der Waals surface area contributed by atoms with E-state index in [1.807, 2.05) is 55.5 Å². The molecular weight excluding hydrogens is 280 g/mol. The summed E-state index contributed by atoms with van der Waals surface area (Å²) in [6.45, 7) is 2.38. The van der Waals surface area contributed by atoms with Gasteiger partial charge in [0.05, 0.1) is 0 Å². The van der Waals surface area contributed by atoms with Gasteiger partial charge < -0.3 is 13.9 Å². The number of nitrogens with zero attached hydrogens (tertiary/aromatic N) is 2. The van der Waals surface area contributed by atoms with E-state index < -0.39 is 0 Å². The van der Waals surface area contributed by atoms with E-state index in [1.54, 1.807) is 0 Å². The van der Waals surface area contributed by atoms with Crippen molar-refractivity contribution >= 4 is 0 Å². The van der Waals surface area contributed by atoms with Crippen LogP contribution in [0.25, 0.3) is 11.5 Å². The van der Waals surface area contributed by atoms with Gasteiger partial charge >= 0.3 is 0 Å². The number of benzene rings is 2. The van der Waals surface area contributed by atoms with Gasteiger partial charge in [-0.1, -0.05) is 29.8 Å². The Morgan fingerprint density at radius 1 is 1.00 bits per heavy atom. The molecule has 5 heteroatoms. The third-order valence-corrected chi connectivity index (χ3v) is 3.49. The number of hydrogen-bond acceptors (Lipinski definition) is 5. The van der Waals surface area contributed by atoms with Gasteiger partial charge in [0.2, 0.25) is 12.0 Å². The molecule has 22 heavy (non-hydrogen) atoms. The first-order valence-corrected chi connectivity index (χ1v) is 7.08. The minimum absolute atomic E-state index is 0.354. The number of hydrogen-bond donors (Lipinski definition) is 0. The Bertz CT molecular complexity index is 813. The predicted octanol–water partition coefficient (Wildman–Crippen LogP) is 3.56. The average molecular weight is 294 g/mol. The van der Waals surface area contributed by atoms with Crippen molar-refractivity contribution in [3.05, 3.63) is 60.0 Å². The van der Waals surface area contributed by atoms with Crippen LogP contribution in [0.3, 0.4) is 0 Å². The highest BCUT2D eigenvalue weighted by Gasteiger charge is 2.27. The van der Waals surface area contributed by atoms with Crippen LogP contribution in [0.5, 0.6) is 11.5 Å². The first-order valence-electron chi connectivity index (χ1n) is 7.08. The summed E-state index contributed by atoms with van der Waals surface area (Å²) in [4.78, 5) is 0. The Morgan fingerprint density at radius 2 is 1.86 bits per heavy atom. The molecule has 0 saturated heterocycles. The first kappa shape index (κ1) is 12.9. The van der Waals surface area contributed by atoms with Gasteiger partial charge in [0, 0.05) is 5.56 Å². The summed E-state index contributed by atoms with van der Waals surface area (Å²) in [5.41, 5.74) is 2.04. The van der Waals surface area contributed by atoms with Crippen LogP contribution >= 0.6 is 0 Å². The van der Waals surface area contributed by atoms with E-state index in [0.29, 0.717) is 24.1 Å². The molecule has 5 nitrogen and oxygen atoms in total. The summed E-state index contributed by atoms with van der Waals surface area (Å²) in [6.07, 6.45) is -0.388. The van der Waals surface area contributed by atoms with E-state index in [9.17, 15) is 0 Å². The third-order valence-electron chi connectivity index (χ3n) is 3.49. The average Bonchev–Trinajstić information content (AvgIpc) is 3.04. The van der Waals surface area contributed by atoms with E-state index in [4.69, 9.17) is 13.9 Å². The van der Waals surface area contributed by atoms with E-state index in [2.05, 4.69) is 10.2 Å². The van der Waals surface area contributed by atoms with Crippen molar-refractivity contribution in [2.75, 3.05) is 6.61 Å². The number of aromatic nitrogens is 2. The molecule has 0 amide bonds. The molecule has 0 spiro atoms. The van der Waals surface area contributed by atoms with E-state index >= 15 is 0 Å². The van der Waals surface area contributed by atoms with Crippen LogP contribution in [-0.4, -0.2) is 16.8 Å². The van der Waals surface area contributed by atoms with Crippen LogP contribution in [0, 0.1) is 6.92 Å². The van der Waals surface area contributed by atoms with Crippen molar-refractivity contribution in [3.8, 4) is 23.0 Å². The van der Waals surface area contributed by atoms with Crippen LogP contribution in [0.1, 0.15) is 17.6 Å². The normalized spacial score (nSPS) is 16.5. The van der Waals surface area contributed by atoms with Crippen LogP contribution in [0.2, 0.25) is 0 Å². The van der Waals surface area contributed by atoms with Gasteiger partial charge in [0.25, 0.3) is 5.89 Å². The Labute approximate surface area is 127 Å². The zero-order valence-electron chi connectivity index (χ0n) is 12.0. The second kappa shape index (κ2) is 5.18. The monoisotopic (exact) mass is 294 g/mol. The molecule has 2 heterocycles. The topological polar surface area (TPSA) is 57.4 Å². The van der Waals surface area contributed by atoms with Gasteiger partial charge in [-0.2, -0.15) is 0 Å². The van der Waals surface area contributed by atoms with Crippen LogP contribution < -0.4 is 9.47 Å². The largest absolute Gasteiger partial charge is 0.485 e. The van der Waals surface area contributed by atoms with Crippen molar-refractivity contribution < 1.29 is 13.9 Å². The number of fused-ring (bicyclic) bond motifs is 1. The molecule has 0 saturated carbocycles. The van der Waals surface area contributed by atoms with Crippen LogP contribution in [-0.2, 0) is 0 Å². The smallest absolute Gasteiger partial charge is 0.260 e. The van der Waals surface area contributed by atoms with E-state index in [0.717, 1.165) is 16.9 Å². The third kappa shape index (κ3) is 2.30. The molecule has 0 fully saturated rings. The van der Waals surface area contributed by atoms with Crippen molar-refractivity contribution in [2.24, 2.45) is 0 Å². The summed E-state index contributed by atoms with van der Waals surface area (Å²) >= 11 is 0. The molecule has 0 N–H and O–H groups in total. The number of aryl methyl sites for hydroxylation is 1. The van der Waals surface area contributed by atoms with Crippen LogP contribution in [0.15, 0.2) is 52.9 Å². The molecule has 4 rings (SSSR count). The lowest BCUT2D eigenvalue weighted by Gasteiger charge is -2.23. The summed E-state index contributed by atoms with van der Waals surface area (Å²) in [5.74, 6) is 2.33. The Morgan fingerprint density at radius 3 is 2.73 bits per heavy atom. The Kier molecular flexibility index (Phi) is 3.04. The molecular formula is C17H14N2O3. The molecule has 1 unspecified atom stereocenters. The van der Waals surface area contributed by atoms with Gasteiger partial charge in [-0.15, -0.1) is 10.2 Å². The molecule has 110 valence electrons. The van der Waals surface area contributed by atoms with Gasteiger partial charge in [-0.05, 0) is 31.2 Å². The zero-order chi connectivity index (χ0) is 14.9. The van der Waals surface area contributed by atoms with E-state index in [-0.39, 0.29) is 6.10 Å².